The predicted octanol–water partition coefficient (Wildman–Crippen LogP) is 0.583. The zero-order chi connectivity index (χ0) is 21.0. The van der Waals surface area contributed by atoms with Crippen LogP contribution in [0.5, 0.6) is 0 Å². The topological polar surface area (TPSA) is 107 Å². The van der Waals surface area contributed by atoms with Gasteiger partial charge in [-0.3, -0.25) is 9.89 Å². The number of methoxy groups -OCH3 is 1. The van der Waals surface area contributed by atoms with Gasteiger partial charge in [0.25, 0.3) is 11.1 Å². The van der Waals surface area contributed by atoms with Gasteiger partial charge in [0.15, 0.2) is 0 Å². The summed E-state index contributed by atoms with van der Waals surface area (Å²) in [5, 5.41) is 22.9. The van der Waals surface area contributed by atoms with E-state index in [4.69, 9.17) is 17.0 Å². The number of aliphatic hydroxyl groups excluding tert-OH is 1. The molecule has 2 unspecified atom stereocenters. The monoisotopic (exact) mass is 422 g/mol. The summed E-state index contributed by atoms with van der Waals surface area (Å²) >= 11 is 5.07. The standard InChI is InChI=1S/C18H23FN6O3S/c1-11(26)17(27)25-7-5-24(6-8-25)15-4-3-12(9-13(15)19)16(21-18(29)28-2)14-10-20-23-22-14/h3-4,9-11,16,26H,5-8H2,1-2H3,(H,21,29)(H,20,22,23). The number of H-pyrrole nitrogens is 1. The molecule has 0 spiro atoms. The number of hydrogen-bond acceptors (Lipinski definition) is 7. The van der Waals surface area contributed by atoms with Crippen LogP contribution >= 0.6 is 12.2 Å². The number of amides is 1. The highest BCUT2D eigenvalue weighted by Crippen LogP contribution is 2.27. The zero-order valence-corrected chi connectivity index (χ0v) is 16.9. The molecule has 1 aromatic heterocycles. The van der Waals surface area contributed by atoms with E-state index in [0.29, 0.717) is 43.1 Å². The van der Waals surface area contributed by atoms with Gasteiger partial charge in [-0.15, -0.1) is 5.10 Å². The van der Waals surface area contributed by atoms with Crippen LogP contribution in [0.1, 0.15) is 24.2 Å². The Hall–Kier alpha value is -2.79. The molecule has 29 heavy (non-hydrogen) atoms. The molecule has 1 saturated heterocycles. The van der Waals surface area contributed by atoms with Gasteiger partial charge < -0.3 is 25.0 Å². The van der Waals surface area contributed by atoms with Crippen molar-refractivity contribution >= 4 is 29.0 Å². The lowest BCUT2D eigenvalue weighted by molar-refractivity contribution is -0.139. The Kier molecular flexibility index (Phi) is 6.60. The van der Waals surface area contributed by atoms with Crippen LogP contribution in [0.4, 0.5) is 10.1 Å². The van der Waals surface area contributed by atoms with Crippen molar-refractivity contribution in [2.75, 3.05) is 38.2 Å². The van der Waals surface area contributed by atoms with Gasteiger partial charge in [0, 0.05) is 32.4 Å². The number of nitrogens with one attached hydrogen (secondary N) is 2. The van der Waals surface area contributed by atoms with Gasteiger partial charge in [0.05, 0.1) is 12.8 Å². The molecular weight excluding hydrogens is 399 g/mol. The molecule has 0 saturated carbocycles. The summed E-state index contributed by atoms with van der Waals surface area (Å²) in [5.74, 6) is -0.701. The van der Waals surface area contributed by atoms with Crippen molar-refractivity contribution in [3.05, 3.63) is 41.5 Å². The third-order valence-corrected chi connectivity index (χ3v) is 5.06. The third kappa shape index (κ3) is 4.80. The molecule has 0 radical (unpaired) electrons. The maximum atomic E-state index is 14.9. The molecule has 1 fully saturated rings. The number of aromatic amines is 1. The molecular formula is C18H23FN6O3S. The maximum absolute atomic E-state index is 14.9. The Morgan fingerprint density at radius 1 is 1.38 bits per heavy atom. The van der Waals surface area contributed by atoms with Gasteiger partial charge in [0.1, 0.15) is 23.7 Å². The first-order valence-electron chi connectivity index (χ1n) is 9.12. The minimum absolute atomic E-state index is 0.154. The number of hydrogen-bond donors (Lipinski definition) is 3. The summed E-state index contributed by atoms with van der Waals surface area (Å²) in [6.07, 6.45) is 0.567. The van der Waals surface area contributed by atoms with E-state index in [1.807, 2.05) is 4.90 Å². The zero-order valence-electron chi connectivity index (χ0n) is 16.1. The molecule has 1 aromatic carbocycles. The van der Waals surface area contributed by atoms with E-state index < -0.39 is 18.0 Å². The minimum atomic E-state index is -1.03. The fraction of sp³-hybridized carbons (Fsp3) is 0.444. The number of rotatable bonds is 5. The van der Waals surface area contributed by atoms with E-state index in [1.165, 1.54) is 20.1 Å². The van der Waals surface area contributed by atoms with E-state index >= 15 is 0 Å². The number of ether oxygens (including phenoxy) is 1. The normalized spacial score (nSPS) is 16.3. The smallest absolute Gasteiger partial charge is 0.257 e. The van der Waals surface area contributed by atoms with Gasteiger partial charge in [-0.1, -0.05) is 11.3 Å². The lowest BCUT2D eigenvalue weighted by atomic mass is 10.0. The van der Waals surface area contributed by atoms with Crippen LogP contribution in [-0.4, -0.2) is 75.9 Å². The third-order valence-electron chi connectivity index (χ3n) is 4.77. The first kappa shape index (κ1) is 20.9. The average Bonchev–Trinajstić information content (AvgIpc) is 3.25. The fourth-order valence-corrected chi connectivity index (χ4v) is 3.37. The van der Waals surface area contributed by atoms with Gasteiger partial charge >= 0.3 is 0 Å². The van der Waals surface area contributed by atoms with Crippen molar-refractivity contribution in [3.63, 3.8) is 0 Å². The van der Waals surface area contributed by atoms with Crippen LogP contribution in [-0.2, 0) is 9.53 Å². The number of carbonyl (C=O) groups excluding carboxylic acids is 1. The molecule has 1 amide bonds. The summed E-state index contributed by atoms with van der Waals surface area (Å²) in [4.78, 5) is 15.4. The van der Waals surface area contributed by atoms with E-state index in [2.05, 4.69) is 20.7 Å². The first-order chi connectivity index (χ1) is 13.9. The summed E-state index contributed by atoms with van der Waals surface area (Å²) in [6.45, 7) is 3.26. The van der Waals surface area contributed by atoms with E-state index in [9.17, 15) is 14.3 Å². The predicted molar refractivity (Wildman–Crippen MR) is 108 cm³/mol. The van der Waals surface area contributed by atoms with Gasteiger partial charge in [-0.2, -0.15) is 0 Å². The molecule has 3 rings (SSSR count). The summed E-state index contributed by atoms with van der Waals surface area (Å²) in [5.41, 5.74) is 1.61. The summed E-state index contributed by atoms with van der Waals surface area (Å²) in [6, 6.07) is 4.38. The van der Waals surface area contributed by atoms with Gasteiger partial charge in [-0.25, -0.2) is 4.39 Å². The van der Waals surface area contributed by atoms with E-state index in [1.54, 1.807) is 23.2 Å². The SMILES string of the molecule is COC(=S)NC(c1ccc(N2CCN(C(=O)C(C)O)CC2)c(F)c1)c1c[nH]nn1. The van der Waals surface area contributed by atoms with Crippen LogP contribution in [0.3, 0.4) is 0 Å². The minimum Gasteiger partial charge on any atom is -0.474 e. The van der Waals surface area contributed by atoms with E-state index in [0.717, 1.165) is 0 Å². The molecule has 0 aliphatic carbocycles. The number of aliphatic hydroxyl groups is 1. The highest BCUT2D eigenvalue weighted by atomic mass is 32.1. The van der Waals surface area contributed by atoms with Crippen LogP contribution < -0.4 is 10.2 Å². The lowest BCUT2D eigenvalue weighted by Crippen LogP contribution is -2.51. The molecule has 1 aliphatic heterocycles. The Balaban J connectivity index is 1.76. The molecule has 9 nitrogen and oxygen atoms in total. The number of carbonyl (C=O) groups is 1. The molecule has 2 atom stereocenters. The second-order valence-electron chi connectivity index (χ2n) is 6.67. The van der Waals surface area contributed by atoms with Crippen molar-refractivity contribution in [2.24, 2.45) is 0 Å². The van der Waals surface area contributed by atoms with Crippen molar-refractivity contribution in [1.82, 2.24) is 25.6 Å². The van der Waals surface area contributed by atoms with Gasteiger partial charge in [-0.05, 0) is 36.8 Å². The lowest BCUT2D eigenvalue weighted by Gasteiger charge is -2.36. The number of piperazine rings is 1. The Labute approximate surface area is 172 Å². The highest BCUT2D eigenvalue weighted by molar-refractivity contribution is 7.80. The number of benzene rings is 1. The molecule has 3 N–H and O–H groups in total. The maximum Gasteiger partial charge on any atom is 0.257 e. The Morgan fingerprint density at radius 2 is 2.10 bits per heavy atom. The van der Waals surface area contributed by atoms with Crippen LogP contribution in [0.2, 0.25) is 0 Å². The largest absolute Gasteiger partial charge is 0.474 e. The Bertz CT molecular complexity index is 855. The van der Waals surface area contributed by atoms with Crippen molar-refractivity contribution < 1.29 is 19.0 Å². The highest BCUT2D eigenvalue weighted by Gasteiger charge is 2.26. The Morgan fingerprint density at radius 3 is 2.66 bits per heavy atom. The van der Waals surface area contributed by atoms with Crippen molar-refractivity contribution in [3.8, 4) is 0 Å². The van der Waals surface area contributed by atoms with Crippen molar-refractivity contribution in [1.29, 1.82) is 0 Å². The quantitative estimate of drug-likeness (QED) is 0.601. The second-order valence-corrected chi connectivity index (χ2v) is 7.04. The second kappa shape index (κ2) is 9.14. The van der Waals surface area contributed by atoms with E-state index in [-0.39, 0.29) is 11.1 Å². The molecule has 156 valence electrons. The summed E-state index contributed by atoms with van der Waals surface area (Å²) in [7, 11) is 1.45. The van der Waals surface area contributed by atoms with Crippen LogP contribution in [0, 0.1) is 5.82 Å². The van der Waals surface area contributed by atoms with Gasteiger partial charge in [0.2, 0.25) is 0 Å². The molecule has 2 aromatic rings. The first-order valence-corrected chi connectivity index (χ1v) is 9.53. The van der Waals surface area contributed by atoms with Crippen molar-refractivity contribution in [2.45, 2.75) is 19.1 Å². The number of thiocarbonyl (C=S) groups is 1. The molecule has 11 heteroatoms. The van der Waals surface area contributed by atoms with Crippen LogP contribution in [0.15, 0.2) is 24.4 Å². The number of anilines is 1. The summed E-state index contributed by atoms with van der Waals surface area (Å²) < 4.78 is 19.9. The number of nitrogens with zero attached hydrogens (tertiary/aromatic N) is 4. The number of aromatic nitrogens is 3. The molecule has 1 aliphatic rings. The van der Waals surface area contributed by atoms with Crippen LogP contribution in [0.25, 0.3) is 0 Å². The molecule has 2 heterocycles. The average molecular weight is 422 g/mol. The molecule has 0 bridgehead atoms. The number of halogens is 1. The fourth-order valence-electron chi connectivity index (χ4n) is 3.25.